The molecular formula is C49H42N4. The molecule has 5 aromatic carbocycles. The Morgan fingerprint density at radius 2 is 0.906 bits per heavy atom. The van der Waals surface area contributed by atoms with E-state index in [1.807, 2.05) is 78.9 Å². The van der Waals surface area contributed by atoms with Gasteiger partial charge in [0.05, 0.1) is 22.8 Å². The Balaban J connectivity index is 1.22. The lowest BCUT2D eigenvalue weighted by molar-refractivity contribution is 0.601. The van der Waals surface area contributed by atoms with Crippen molar-refractivity contribution >= 4 is 5.57 Å². The van der Waals surface area contributed by atoms with Crippen molar-refractivity contribution in [1.29, 1.82) is 0 Å². The molecule has 0 spiro atoms. The third-order valence-electron chi connectivity index (χ3n) is 9.72. The molecular weight excluding hydrogens is 645 g/mol. The van der Waals surface area contributed by atoms with Crippen molar-refractivity contribution in [2.24, 2.45) is 0 Å². The fourth-order valence-corrected chi connectivity index (χ4v) is 6.59. The molecule has 4 heteroatoms. The number of hydrogen-bond acceptors (Lipinski definition) is 4. The molecule has 0 saturated carbocycles. The van der Waals surface area contributed by atoms with Gasteiger partial charge in [-0.15, -0.1) is 0 Å². The molecule has 0 N–H and O–H groups in total. The molecule has 0 unspecified atom stereocenters. The number of rotatable bonds is 11. The largest absolute Gasteiger partial charge is 0.228 e. The maximum absolute atomic E-state index is 5.03. The summed E-state index contributed by atoms with van der Waals surface area (Å²) in [6.07, 6.45) is 7.04. The molecule has 0 amide bonds. The number of aromatic nitrogens is 4. The summed E-state index contributed by atoms with van der Waals surface area (Å²) in [6.45, 7) is 10.9. The van der Waals surface area contributed by atoms with Crippen molar-refractivity contribution in [3.8, 4) is 56.4 Å². The van der Waals surface area contributed by atoms with Gasteiger partial charge >= 0.3 is 0 Å². The van der Waals surface area contributed by atoms with Gasteiger partial charge < -0.3 is 0 Å². The molecule has 0 radical (unpaired) electrons. The van der Waals surface area contributed by atoms with Gasteiger partial charge in [0.15, 0.2) is 11.6 Å². The lowest BCUT2D eigenvalue weighted by atomic mass is 9.76. The Morgan fingerprint density at radius 1 is 0.509 bits per heavy atom. The first kappa shape index (κ1) is 34.9. The number of hydrogen-bond donors (Lipinski definition) is 0. The number of nitrogens with zero attached hydrogens (tertiary/aromatic N) is 4. The SMILES string of the molecule is C=C/C(=C\C=C(/CC)C(C)(C)c1ccc(-c2nc(-c3ccccc3)cc(-c3ccccc3)n2)cc1)c1nc(-c2ccccc2)cc(-c2ccccc2)n1. The first-order valence-electron chi connectivity index (χ1n) is 18.1. The maximum Gasteiger partial charge on any atom is 0.160 e. The molecule has 2 aromatic heterocycles. The highest BCUT2D eigenvalue weighted by Crippen LogP contribution is 2.36. The van der Waals surface area contributed by atoms with Crippen molar-refractivity contribution in [3.63, 3.8) is 0 Å². The second-order valence-corrected chi connectivity index (χ2v) is 13.5. The van der Waals surface area contributed by atoms with Gasteiger partial charge in [0.1, 0.15) is 0 Å². The molecule has 7 rings (SSSR count). The second kappa shape index (κ2) is 15.8. The van der Waals surface area contributed by atoms with Gasteiger partial charge in [0.2, 0.25) is 0 Å². The predicted octanol–water partition coefficient (Wildman–Crippen LogP) is 12.5. The Morgan fingerprint density at radius 3 is 1.28 bits per heavy atom. The van der Waals surface area contributed by atoms with Gasteiger partial charge in [0.25, 0.3) is 0 Å². The fourth-order valence-electron chi connectivity index (χ4n) is 6.59. The number of allylic oxidation sites excluding steroid dienone is 5. The minimum Gasteiger partial charge on any atom is -0.228 e. The van der Waals surface area contributed by atoms with E-state index in [-0.39, 0.29) is 5.41 Å². The van der Waals surface area contributed by atoms with Gasteiger partial charge in [0, 0.05) is 38.8 Å². The van der Waals surface area contributed by atoms with E-state index < -0.39 is 0 Å². The smallest absolute Gasteiger partial charge is 0.160 e. The van der Waals surface area contributed by atoms with Crippen LogP contribution in [-0.2, 0) is 5.41 Å². The Hall–Kier alpha value is -6.52. The van der Waals surface area contributed by atoms with Gasteiger partial charge in [-0.1, -0.05) is 197 Å². The van der Waals surface area contributed by atoms with E-state index in [4.69, 9.17) is 19.9 Å². The highest BCUT2D eigenvalue weighted by Gasteiger charge is 2.24. The van der Waals surface area contributed by atoms with Gasteiger partial charge in [-0.05, 0) is 24.1 Å². The predicted molar refractivity (Wildman–Crippen MR) is 221 cm³/mol. The third kappa shape index (κ3) is 7.88. The molecule has 53 heavy (non-hydrogen) atoms. The van der Waals surface area contributed by atoms with E-state index in [9.17, 15) is 0 Å². The van der Waals surface area contributed by atoms with Crippen LogP contribution < -0.4 is 0 Å². The van der Waals surface area contributed by atoms with Crippen LogP contribution in [0.4, 0.5) is 0 Å². The van der Waals surface area contributed by atoms with E-state index in [0.29, 0.717) is 11.6 Å². The van der Waals surface area contributed by atoms with Crippen LogP contribution in [0.2, 0.25) is 0 Å². The van der Waals surface area contributed by atoms with E-state index >= 15 is 0 Å². The molecule has 258 valence electrons. The summed E-state index contributed by atoms with van der Waals surface area (Å²) < 4.78 is 0. The summed E-state index contributed by atoms with van der Waals surface area (Å²) in [5, 5.41) is 0. The average Bonchev–Trinajstić information content (AvgIpc) is 3.23. The lowest BCUT2D eigenvalue weighted by Gasteiger charge is -2.28. The summed E-state index contributed by atoms with van der Waals surface area (Å²) in [4.78, 5) is 20.1. The van der Waals surface area contributed by atoms with E-state index in [1.165, 1.54) is 11.1 Å². The van der Waals surface area contributed by atoms with Crippen LogP contribution in [-0.4, -0.2) is 19.9 Å². The van der Waals surface area contributed by atoms with Crippen molar-refractivity contribution in [2.45, 2.75) is 32.6 Å². The highest BCUT2D eigenvalue weighted by atomic mass is 14.9. The van der Waals surface area contributed by atoms with Crippen molar-refractivity contribution in [2.75, 3.05) is 0 Å². The van der Waals surface area contributed by atoms with Crippen molar-refractivity contribution in [3.05, 3.63) is 199 Å². The number of benzene rings is 5. The van der Waals surface area contributed by atoms with E-state index in [1.54, 1.807) is 0 Å². The van der Waals surface area contributed by atoms with E-state index in [2.05, 4.69) is 124 Å². The molecule has 0 aliphatic rings. The molecule has 7 aromatic rings. The lowest BCUT2D eigenvalue weighted by Crippen LogP contribution is -2.20. The van der Waals surface area contributed by atoms with Crippen LogP contribution in [0.5, 0.6) is 0 Å². The Labute approximate surface area is 313 Å². The van der Waals surface area contributed by atoms with Crippen LogP contribution in [0.1, 0.15) is 38.6 Å². The summed E-state index contributed by atoms with van der Waals surface area (Å²) >= 11 is 0. The van der Waals surface area contributed by atoms with E-state index in [0.717, 1.165) is 62.6 Å². The molecule has 4 nitrogen and oxygen atoms in total. The second-order valence-electron chi connectivity index (χ2n) is 13.5. The van der Waals surface area contributed by atoms with Gasteiger partial charge in [-0.2, -0.15) is 0 Å². The molecule has 0 aliphatic heterocycles. The van der Waals surface area contributed by atoms with Crippen LogP contribution >= 0.6 is 0 Å². The first-order chi connectivity index (χ1) is 25.9. The fraction of sp³-hybridized carbons (Fsp3) is 0.102. The summed E-state index contributed by atoms with van der Waals surface area (Å²) in [6, 6.07) is 53.9. The van der Waals surface area contributed by atoms with Crippen LogP contribution in [0.15, 0.2) is 188 Å². The summed E-state index contributed by atoms with van der Waals surface area (Å²) in [7, 11) is 0. The molecule has 0 aliphatic carbocycles. The zero-order chi connectivity index (χ0) is 36.6. The Bertz CT molecular complexity index is 2260. The Kier molecular flexibility index (Phi) is 10.4. The van der Waals surface area contributed by atoms with Crippen molar-refractivity contribution in [1.82, 2.24) is 19.9 Å². The molecule has 2 heterocycles. The van der Waals surface area contributed by atoms with Gasteiger partial charge in [-0.25, -0.2) is 19.9 Å². The normalized spacial score (nSPS) is 12.1. The zero-order valence-electron chi connectivity index (χ0n) is 30.4. The monoisotopic (exact) mass is 686 g/mol. The molecule has 0 saturated heterocycles. The topological polar surface area (TPSA) is 51.6 Å². The van der Waals surface area contributed by atoms with Crippen molar-refractivity contribution < 1.29 is 0 Å². The minimum absolute atomic E-state index is 0.250. The summed E-state index contributed by atoms with van der Waals surface area (Å²) in [5.41, 5.74) is 11.8. The highest BCUT2D eigenvalue weighted by molar-refractivity contribution is 5.76. The quantitative estimate of drug-likeness (QED) is 0.127. The molecule has 0 atom stereocenters. The third-order valence-corrected chi connectivity index (χ3v) is 9.72. The first-order valence-corrected chi connectivity index (χ1v) is 18.1. The molecule has 0 bridgehead atoms. The maximum atomic E-state index is 5.03. The molecule has 0 fully saturated rings. The van der Waals surface area contributed by atoms with Gasteiger partial charge in [-0.3, -0.25) is 0 Å². The van der Waals surface area contributed by atoms with Crippen LogP contribution in [0, 0.1) is 0 Å². The summed E-state index contributed by atoms with van der Waals surface area (Å²) in [5.74, 6) is 1.34. The van der Waals surface area contributed by atoms with Crippen LogP contribution in [0.25, 0.3) is 62.0 Å². The standard InChI is InChI=1S/C49H42N4/c1-5-35(47-50-43(36-19-11-7-12-20-36)33-44(51-47)37-21-13-8-14-22-37)27-30-41(6-2)49(3,4)42-31-28-40(29-32-42)48-52-45(38-23-15-9-16-24-38)34-46(53-48)39-25-17-10-18-26-39/h5,7-34H,1,6H2,2-4H3/b35-27+,41-30+. The zero-order valence-corrected chi connectivity index (χ0v) is 30.4. The average molecular weight is 687 g/mol. The minimum atomic E-state index is -0.250. The van der Waals surface area contributed by atoms with Crippen LogP contribution in [0.3, 0.4) is 0 Å².